The molecule has 2 aliphatic carbocycles. The van der Waals surface area contributed by atoms with E-state index in [2.05, 4.69) is 19.2 Å². The molecular weight excluding hydrogens is 268 g/mol. The van der Waals surface area contributed by atoms with Gasteiger partial charge in [-0.05, 0) is 51.4 Å². The predicted octanol–water partition coefficient (Wildman–Crippen LogP) is 3.76. The largest absolute Gasteiger partial charge is 0.371 e. The van der Waals surface area contributed by atoms with Gasteiger partial charge in [0.05, 0.1) is 5.69 Å². The van der Waals surface area contributed by atoms with Gasteiger partial charge in [0, 0.05) is 24.6 Å². The van der Waals surface area contributed by atoms with Crippen LogP contribution in [0.4, 0.5) is 0 Å². The van der Waals surface area contributed by atoms with E-state index in [1.807, 2.05) is 18.4 Å². The summed E-state index contributed by atoms with van der Waals surface area (Å²) in [7, 11) is 1.86. The molecule has 112 valence electrons. The van der Waals surface area contributed by atoms with E-state index in [-0.39, 0.29) is 5.60 Å². The lowest BCUT2D eigenvalue weighted by atomic mass is 9.80. The number of aromatic nitrogens is 1. The first-order chi connectivity index (χ1) is 9.63. The molecule has 1 aromatic rings. The van der Waals surface area contributed by atoms with Crippen molar-refractivity contribution in [1.82, 2.24) is 10.3 Å². The van der Waals surface area contributed by atoms with E-state index in [9.17, 15) is 0 Å². The summed E-state index contributed by atoms with van der Waals surface area (Å²) in [5, 5.41) is 4.80. The molecule has 2 saturated carbocycles. The molecule has 0 aromatic carbocycles. The molecule has 0 amide bonds. The van der Waals surface area contributed by atoms with Crippen molar-refractivity contribution in [3.05, 3.63) is 15.6 Å². The van der Waals surface area contributed by atoms with Crippen molar-refractivity contribution < 1.29 is 4.74 Å². The molecule has 2 fully saturated rings. The Kier molecular flexibility index (Phi) is 4.16. The average molecular weight is 294 g/mol. The van der Waals surface area contributed by atoms with Gasteiger partial charge in [-0.2, -0.15) is 0 Å². The quantitative estimate of drug-likeness (QED) is 0.898. The second-order valence-corrected chi connectivity index (χ2v) is 7.65. The first kappa shape index (κ1) is 14.5. The Morgan fingerprint density at radius 1 is 1.30 bits per heavy atom. The first-order valence-electron chi connectivity index (χ1n) is 7.88. The van der Waals surface area contributed by atoms with Gasteiger partial charge in [-0.1, -0.05) is 6.92 Å². The van der Waals surface area contributed by atoms with E-state index < -0.39 is 0 Å². The zero-order chi connectivity index (χ0) is 14.2. The highest BCUT2D eigenvalue weighted by Gasteiger charge is 2.39. The highest BCUT2D eigenvalue weighted by atomic mass is 32.1. The van der Waals surface area contributed by atoms with Gasteiger partial charge in [0.1, 0.15) is 10.6 Å². The van der Waals surface area contributed by atoms with E-state index in [4.69, 9.17) is 9.72 Å². The molecule has 4 heteroatoms. The van der Waals surface area contributed by atoms with Crippen LogP contribution in [0.15, 0.2) is 0 Å². The van der Waals surface area contributed by atoms with Crippen LogP contribution in [-0.2, 0) is 16.9 Å². The summed E-state index contributed by atoms with van der Waals surface area (Å²) >= 11 is 1.86. The van der Waals surface area contributed by atoms with Crippen LogP contribution in [0.25, 0.3) is 0 Å². The molecule has 3 rings (SSSR count). The number of rotatable bonds is 5. The van der Waals surface area contributed by atoms with Crippen LogP contribution in [0.2, 0.25) is 0 Å². The van der Waals surface area contributed by atoms with Crippen molar-refractivity contribution in [2.24, 2.45) is 5.92 Å². The summed E-state index contributed by atoms with van der Waals surface area (Å²) in [6.45, 7) is 5.46. The molecule has 1 heterocycles. The first-order valence-corrected chi connectivity index (χ1v) is 8.70. The fourth-order valence-corrected chi connectivity index (χ4v) is 4.28. The lowest BCUT2D eigenvalue weighted by Gasteiger charge is -2.36. The Balaban J connectivity index is 1.75. The average Bonchev–Trinajstić information content (AvgIpc) is 3.21. The second-order valence-electron chi connectivity index (χ2n) is 6.56. The van der Waals surface area contributed by atoms with Crippen LogP contribution in [0.3, 0.4) is 0 Å². The maximum Gasteiger partial charge on any atom is 0.125 e. The van der Waals surface area contributed by atoms with Crippen molar-refractivity contribution in [3.63, 3.8) is 0 Å². The minimum absolute atomic E-state index is 0.111. The minimum atomic E-state index is -0.111. The summed E-state index contributed by atoms with van der Waals surface area (Å²) in [5.74, 6) is 0.829. The molecule has 0 atom stereocenters. The van der Waals surface area contributed by atoms with Gasteiger partial charge >= 0.3 is 0 Å². The SMILES string of the molecule is COC1(c2nc(C)c(CNC3CC3)s2)CCC(C)CC1. The number of methoxy groups -OCH3 is 1. The maximum atomic E-state index is 5.95. The lowest BCUT2D eigenvalue weighted by molar-refractivity contribution is -0.0531. The molecule has 0 bridgehead atoms. The van der Waals surface area contributed by atoms with Gasteiger partial charge < -0.3 is 10.1 Å². The third-order valence-electron chi connectivity index (χ3n) is 4.88. The van der Waals surface area contributed by atoms with Gasteiger partial charge in [-0.15, -0.1) is 11.3 Å². The Hall–Kier alpha value is -0.450. The van der Waals surface area contributed by atoms with Gasteiger partial charge in [0.2, 0.25) is 0 Å². The predicted molar refractivity (Wildman–Crippen MR) is 83.0 cm³/mol. The van der Waals surface area contributed by atoms with Crippen molar-refractivity contribution >= 4 is 11.3 Å². The highest BCUT2D eigenvalue weighted by Crippen LogP contribution is 2.44. The van der Waals surface area contributed by atoms with Gasteiger partial charge in [0.25, 0.3) is 0 Å². The molecule has 0 aliphatic heterocycles. The van der Waals surface area contributed by atoms with E-state index in [0.717, 1.165) is 31.3 Å². The monoisotopic (exact) mass is 294 g/mol. The molecule has 0 spiro atoms. The molecular formula is C16H26N2OS. The topological polar surface area (TPSA) is 34.1 Å². The molecule has 2 aliphatic rings. The van der Waals surface area contributed by atoms with Crippen molar-refractivity contribution in [2.75, 3.05) is 7.11 Å². The van der Waals surface area contributed by atoms with E-state index in [1.54, 1.807) is 0 Å². The highest BCUT2D eigenvalue weighted by molar-refractivity contribution is 7.11. The molecule has 0 saturated heterocycles. The number of nitrogens with one attached hydrogen (secondary N) is 1. The Morgan fingerprint density at radius 2 is 2.00 bits per heavy atom. The lowest BCUT2D eigenvalue weighted by Crippen LogP contribution is -2.33. The molecule has 1 aromatic heterocycles. The van der Waals surface area contributed by atoms with Crippen LogP contribution in [0.1, 0.15) is 61.0 Å². The molecule has 1 N–H and O–H groups in total. The maximum absolute atomic E-state index is 5.95. The standard InChI is InChI=1S/C16H26N2OS/c1-11-6-8-16(19-3,9-7-11)15-18-12(2)14(20-15)10-17-13-4-5-13/h11,13,17H,4-10H2,1-3H3. The Morgan fingerprint density at radius 3 is 2.60 bits per heavy atom. The van der Waals surface area contributed by atoms with E-state index in [0.29, 0.717) is 0 Å². The number of nitrogens with zero attached hydrogens (tertiary/aromatic N) is 1. The summed E-state index contributed by atoms with van der Waals surface area (Å²) in [6, 6.07) is 0.756. The molecule has 3 nitrogen and oxygen atoms in total. The third-order valence-corrected chi connectivity index (χ3v) is 6.23. The van der Waals surface area contributed by atoms with Crippen LogP contribution in [-0.4, -0.2) is 18.1 Å². The number of hydrogen-bond acceptors (Lipinski definition) is 4. The number of hydrogen-bond donors (Lipinski definition) is 1. The van der Waals surface area contributed by atoms with Crippen LogP contribution >= 0.6 is 11.3 Å². The number of aryl methyl sites for hydroxylation is 1. The molecule has 0 radical (unpaired) electrons. The van der Waals surface area contributed by atoms with Gasteiger partial charge in [0.15, 0.2) is 0 Å². The summed E-state index contributed by atoms with van der Waals surface area (Å²) in [4.78, 5) is 6.24. The van der Waals surface area contributed by atoms with Gasteiger partial charge in [-0.3, -0.25) is 0 Å². The summed E-state index contributed by atoms with van der Waals surface area (Å²) < 4.78 is 5.95. The van der Waals surface area contributed by atoms with Crippen molar-refractivity contribution in [3.8, 4) is 0 Å². The summed E-state index contributed by atoms with van der Waals surface area (Å²) in [6.07, 6.45) is 7.42. The summed E-state index contributed by atoms with van der Waals surface area (Å²) in [5.41, 5.74) is 1.08. The van der Waals surface area contributed by atoms with Crippen LogP contribution in [0.5, 0.6) is 0 Å². The number of thiazole rings is 1. The smallest absolute Gasteiger partial charge is 0.125 e. The molecule has 20 heavy (non-hydrogen) atoms. The minimum Gasteiger partial charge on any atom is -0.371 e. The fourth-order valence-electron chi connectivity index (χ4n) is 3.05. The second kappa shape index (κ2) is 5.74. The van der Waals surface area contributed by atoms with E-state index >= 15 is 0 Å². The van der Waals surface area contributed by atoms with Crippen molar-refractivity contribution in [1.29, 1.82) is 0 Å². The molecule has 0 unspecified atom stereocenters. The van der Waals surface area contributed by atoms with Crippen LogP contribution < -0.4 is 5.32 Å². The number of ether oxygens (including phenoxy) is 1. The third kappa shape index (κ3) is 2.92. The van der Waals surface area contributed by atoms with Gasteiger partial charge in [-0.25, -0.2) is 4.98 Å². The van der Waals surface area contributed by atoms with Crippen molar-refractivity contribution in [2.45, 2.75) is 70.6 Å². The normalized spacial score (nSPS) is 30.6. The zero-order valence-corrected chi connectivity index (χ0v) is 13.7. The van der Waals surface area contributed by atoms with Crippen LogP contribution in [0, 0.1) is 12.8 Å². The zero-order valence-electron chi connectivity index (χ0n) is 12.9. The Bertz CT molecular complexity index is 459. The fraction of sp³-hybridized carbons (Fsp3) is 0.812. The Labute approximate surface area is 126 Å². The van der Waals surface area contributed by atoms with E-state index in [1.165, 1.54) is 41.3 Å².